The molecule has 45 heavy (non-hydrogen) atoms. The number of likely N-dealkylation sites (tertiary alicyclic amines) is 1. The Morgan fingerprint density at radius 1 is 0.933 bits per heavy atom. The monoisotopic (exact) mass is 609 g/mol. The van der Waals surface area contributed by atoms with Gasteiger partial charge in [-0.05, 0) is 59.9 Å². The maximum Gasteiger partial charge on any atom is 0.415 e. The highest BCUT2D eigenvalue weighted by atomic mass is 16.6. The Balaban J connectivity index is 1.04. The summed E-state index contributed by atoms with van der Waals surface area (Å²) < 4.78 is 17.9. The lowest BCUT2D eigenvalue weighted by Gasteiger charge is -2.21. The van der Waals surface area contributed by atoms with Gasteiger partial charge in [-0.3, -0.25) is 4.90 Å². The van der Waals surface area contributed by atoms with Crippen LogP contribution >= 0.6 is 0 Å². The summed E-state index contributed by atoms with van der Waals surface area (Å²) in [5, 5.41) is 5.66. The van der Waals surface area contributed by atoms with Crippen LogP contribution in [0.15, 0.2) is 103 Å². The number of anilines is 1. The predicted octanol–water partition coefficient (Wildman–Crippen LogP) is 5.32. The molecule has 2 heterocycles. The van der Waals surface area contributed by atoms with Gasteiger partial charge in [-0.2, -0.15) is 4.57 Å². The van der Waals surface area contributed by atoms with Crippen LogP contribution < -0.4 is 19.9 Å². The van der Waals surface area contributed by atoms with Crippen molar-refractivity contribution in [2.24, 2.45) is 0 Å². The SMILES string of the molecule is COC(=O)[C@@H]1CCCN1C(=O)OC[n+]1cccc(CNC(=O)Nc2ccc(OCCc3ccccc3-c3ccccc3)cc2)c1. The quantitative estimate of drug-likeness (QED) is 0.176. The maximum absolute atomic E-state index is 12.5. The van der Waals surface area contributed by atoms with Crippen molar-refractivity contribution in [2.75, 3.05) is 25.6 Å². The van der Waals surface area contributed by atoms with Crippen LogP contribution in [0.5, 0.6) is 5.75 Å². The summed E-state index contributed by atoms with van der Waals surface area (Å²) in [5.74, 6) is 0.280. The number of esters is 1. The summed E-state index contributed by atoms with van der Waals surface area (Å²) >= 11 is 0. The zero-order valence-corrected chi connectivity index (χ0v) is 25.2. The number of benzene rings is 3. The Kier molecular flexibility index (Phi) is 10.6. The fourth-order valence-electron chi connectivity index (χ4n) is 5.25. The molecule has 3 aromatic carbocycles. The van der Waals surface area contributed by atoms with Crippen molar-refractivity contribution in [1.29, 1.82) is 0 Å². The molecule has 1 atom stereocenters. The molecule has 1 fully saturated rings. The fraction of sp³-hybridized carbons (Fsp3) is 0.257. The number of rotatable bonds is 11. The van der Waals surface area contributed by atoms with Gasteiger partial charge in [0.05, 0.1) is 20.3 Å². The first-order valence-corrected chi connectivity index (χ1v) is 14.9. The van der Waals surface area contributed by atoms with E-state index in [9.17, 15) is 14.4 Å². The number of aromatic nitrogens is 1. The number of methoxy groups -OCH3 is 1. The highest BCUT2D eigenvalue weighted by Gasteiger charge is 2.36. The van der Waals surface area contributed by atoms with E-state index in [-0.39, 0.29) is 19.3 Å². The van der Waals surface area contributed by atoms with Gasteiger partial charge < -0.3 is 24.8 Å². The molecule has 0 unspecified atom stereocenters. The third-order valence-electron chi connectivity index (χ3n) is 7.52. The predicted molar refractivity (Wildman–Crippen MR) is 168 cm³/mol. The summed E-state index contributed by atoms with van der Waals surface area (Å²) in [7, 11) is 1.31. The minimum absolute atomic E-state index is 0.0305. The van der Waals surface area contributed by atoms with Gasteiger partial charge in [0.1, 0.15) is 11.8 Å². The van der Waals surface area contributed by atoms with E-state index >= 15 is 0 Å². The number of nitrogens with one attached hydrogen (secondary N) is 2. The van der Waals surface area contributed by atoms with E-state index in [0.29, 0.717) is 31.7 Å². The molecule has 232 valence electrons. The highest BCUT2D eigenvalue weighted by molar-refractivity contribution is 5.89. The van der Waals surface area contributed by atoms with E-state index in [0.717, 1.165) is 17.7 Å². The molecule has 1 aliphatic rings. The lowest BCUT2D eigenvalue weighted by atomic mass is 9.98. The molecule has 1 aromatic heterocycles. The van der Waals surface area contributed by atoms with E-state index in [1.54, 1.807) is 35.2 Å². The number of pyridine rings is 1. The normalized spacial score (nSPS) is 14.0. The van der Waals surface area contributed by atoms with Gasteiger partial charge in [0.25, 0.3) is 6.73 Å². The number of hydrogen-bond donors (Lipinski definition) is 2. The van der Waals surface area contributed by atoms with E-state index in [1.165, 1.54) is 28.7 Å². The molecule has 1 aliphatic heterocycles. The van der Waals surface area contributed by atoms with Crippen molar-refractivity contribution in [3.05, 3.63) is 115 Å². The number of amides is 3. The number of nitrogens with zero attached hydrogens (tertiary/aromatic N) is 2. The third-order valence-corrected chi connectivity index (χ3v) is 7.52. The van der Waals surface area contributed by atoms with Crippen LogP contribution in [0.4, 0.5) is 15.3 Å². The summed E-state index contributed by atoms with van der Waals surface area (Å²) in [6, 6.07) is 28.6. The second-order valence-corrected chi connectivity index (χ2v) is 10.6. The Morgan fingerprint density at radius 2 is 1.71 bits per heavy atom. The van der Waals surface area contributed by atoms with Gasteiger partial charge in [-0.25, -0.2) is 14.4 Å². The number of hydrogen-bond acceptors (Lipinski definition) is 6. The van der Waals surface area contributed by atoms with Gasteiger partial charge in [-0.1, -0.05) is 54.6 Å². The Morgan fingerprint density at radius 3 is 2.51 bits per heavy atom. The van der Waals surface area contributed by atoms with Gasteiger partial charge in [0.15, 0.2) is 12.4 Å². The topological polar surface area (TPSA) is 110 Å². The van der Waals surface area contributed by atoms with Crippen LogP contribution in [0.25, 0.3) is 11.1 Å². The van der Waals surface area contributed by atoms with Crippen LogP contribution in [-0.2, 0) is 34.0 Å². The van der Waals surface area contributed by atoms with Crippen LogP contribution in [0.1, 0.15) is 24.0 Å². The zero-order chi connectivity index (χ0) is 31.4. The Labute approximate surface area is 262 Å². The Hall–Kier alpha value is -5.38. The van der Waals surface area contributed by atoms with Gasteiger partial charge in [0, 0.05) is 30.3 Å². The molecule has 0 saturated carbocycles. The standard InChI is InChI=1S/C35H36N4O6/c1-43-33(40)32-14-8-21-39(32)35(42)45-25-38-20-7-9-26(24-38)23-36-34(41)37-29-15-17-30(18-16-29)44-22-19-28-12-5-6-13-31(28)27-10-3-2-4-11-27/h2-7,9-13,15-18,20,24,32H,8,14,19,21-23,25H2,1H3,(H-,36,37,41)/p+1/t32-/m0/s1. The molecule has 1 saturated heterocycles. The molecule has 3 amide bonds. The Bertz CT molecular complexity index is 1600. The van der Waals surface area contributed by atoms with Crippen LogP contribution in [0.2, 0.25) is 0 Å². The highest BCUT2D eigenvalue weighted by Crippen LogP contribution is 2.24. The number of urea groups is 1. The van der Waals surface area contributed by atoms with Crippen molar-refractivity contribution in [2.45, 2.75) is 38.6 Å². The first kappa shape index (κ1) is 31.1. The lowest BCUT2D eigenvalue weighted by Crippen LogP contribution is -2.44. The molecular formula is C35H37N4O6+. The lowest BCUT2D eigenvalue weighted by molar-refractivity contribution is -0.727. The first-order valence-electron chi connectivity index (χ1n) is 14.9. The van der Waals surface area contributed by atoms with Gasteiger partial charge in [0.2, 0.25) is 0 Å². The van der Waals surface area contributed by atoms with Crippen LogP contribution in [0, 0.1) is 0 Å². The average molecular weight is 610 g/mol. The average Bonchev–Trinajstić information content (AvgIpc) is 3.58. The van der Waals surface area contributed by atoms with E-state index in [2.05, 4.69) is 34.9 Å². The fourth-order valence-corrected chi connectivity index (χ4v) is 5.25. The molecule has 0 bridgehead atoms. The minimum Gasteiger partial charge on any atom is -0.493 e. The summed E-state index contributed by atoms with van der Waals surface area (Å²) in [4.78, 5) is 38.4. The molecule has 0 aliphatic carbocycles. The minimum atomic E-state index is -0.612. The second-order valence-electron chi connectivity index (χ2n) is 10.6. The smallest absolute Gasteiger partial charge is 0.415 e. The molecule has 10 nitrogen and oxygen atoms in total. The first-order chi connectivity index (χ1) is 22.0. The largest absolute Gasteiger partial charge is 0.493 e. The third kappa shape index (κ3) is 8.60. The molecule has 0 spiro atoms. The number of carbonyl (C=O) groups is 3. The van der Waals surface area contributed by atoms with Crippen molar-refractivity contribution in [3.63, 3.8) is 0 Å². The van der Waals surface area contributed by atoms with Crippen LogP contribution in [-0.4, -0.2) is 49.3 Å². The van der Waals surface area contributed by atoms with Crippen LogP contribution in [0.3, 0.4) is 0 Å². The molecule has 10 heteroatoms. The second kappa shape index (κ2) is 15.4. The number of ether oxygens (including phenoxy) is 3. The summed E-state index contributed by atoms with van der Waals surface area (Å²) in [6.45, 7) is 1.21. The summed E-state index contributed by atoms with van der Waals surface area (Å²) in [5.41, 5.74) is 5.06. The number of carbonyl (C=O) groups excluding carboxylic acids is 3. The molecular weight excluding hydrogens is 572 g/mol. The van der Waals surface area contributed by atoms with E-state index in [4.69, 9.17) is 14.2 Å². The van der Waals surface area contributed by atoms with Crippen molar-refractivity contribution >= 4 is 23.8 Å². The van der Waals surface area contributed by atoms with Crippen molar-refractivity contribution in [3.8, 4) is 16.9 Å². The maximum atomic E-state index is 12.5. The molecule has 2 N–H and O–H groups in total. The van der Waals surface area contributed by atoms with E-state index < -0.39 is 18.1 Å². The molecule has 0 radical (unpaired) electrons. The van der Waals surface area contributed by atoms with Crippen molar-refractivity contribution in [1.82, 2.24) is 10.2 Å². The van der Waals surface area contributed by atoms with Crippen molar-refractivity contribution < 1.29 is 33.2 Å². The van der Waals surface area contributed by atoms with Gasteiger partial charge in [-0.15, -0.1) is 0 Å². The molecule has 5 rings (SSSR count). The molecule has 4 aromatic rings. The zero-order valence-electron chi connectivity index (χ0n) is 25.2. The van der Waals surface area contributed by atoms with Gasteiger partial charge >= 0.3 is 18.1 Å². The summed E-state index contributed by atoms with van der Waals surface area (Å²) in [6.07, 6.45) is 5.01. The van der Waals surface area contributed by atoms with E-state index in [1.807, 2.05) is 48.5 Å².